The molecule has 7 heteroatoms. The van der Waals surface area contributed by atoms with Gasteiger partial charge in [0.2, 0.25) is 5.88 Å². The minimum absolute atomic E-state index is 0.120. The lowest BCUT2D eigenvalue weighted by atomic mass is 10.2. The first-order valence-corrected chi connectivity index (χ1v) is 7.92. The largest absolute Gasteiger partial charge is 0.480 e. The molecule has 0 aliphatic carbocycles. The molecule has 2 aromatic rings. The zero-order valence-corrected chi connectivity index (χ0v) is 13.7. The molecule has 0 spiro atoms. The Bertz CT molecular complexity index is 672. The molecule has 0 radical (unpaired) electrons. The molecule has 1 saturated heterocycles. The number of urea groups is 1. The minimum atomic E-state index is -0.120. The van der Waals surface area contributed by atoms with Crippen molar-refractivity contribution in [3.8, 4) is 5.88 Å². The van der Waals surface area contributed by atoms with Gasteiger partial charge in [-0.1, -0.05) is 0 Å². The fourth-order valence-corrected chi connectivity index (χ4v) is 2.70. The van der Waals surface area contributed by atoms with E-state index < -0.39 is 0 Å². The van der Waals surface area contributed by atoms with E-state index in [9.17, 15) is 4.79 Å². The van der Waals surface area contributed by atoms with Crippen LogP contribution in [0.2, 0.25) is 0 Å². The Kier molecular flexibility index (Phi) is 5.22. The number of amides is 2. The van der Waals surface area contributed by atoms with Crippen LogP contribution in [0, 0.1) is 0 Å². The van der Waals surface area contributed by atoms with Gasteiger partial charge in [0.15, 0.2) is 0 Å². The lowest BCUT2D eigenvalue weighted by molar-refractivity contribution is 0.143. The van der Waals surface area contributed by atoms with Crippen LogP contribution in [-0.4, -0.2) is 59.1 Å². The monoisotopic (exact) mass is 327 g/mol. The summed E-state index contributed by atoms with van der Waals surface area (Å²) in [6.07, 6.45) is 5.24. The van der Waals surface area contributed by atoms with Gasteiger partial charge in [0, 0.05) is 51.3 Å². The van der Waals surface area contributed by atoms with Gasteiger partial charge < -0.3 is 15.0 Å². The van der Waals surface area contributed by atoms with Crippen molar-refractivity contribution in [2.24, 2.45) is 0 Å². The second-order valence-electron chi connectivity index (χ2n) is 5.61. The molecule has 1 fully saturated rings. The molecule has 1 aliphatic rings. The standard InChI is InChI=1S/C17H21N5O2/c1-24-16-15(3-2-6-19-16)20-17(23)22-11-9-21(10-12-22)13-14-4-7-18-8-5-14/h2-8H,9-13H2,1H3,(H,20,23). The number of nitrogens with zero attached hydrogens (tertiary/aromatic N) is 4. The summed E-state index contributed by atoms with van der Waals surface area (Å²) in [4.78, 5) is 24.7. The van der Waals surface area contributed by atoms with Crippen molar-refractivity contribution in [1.29, 1.82) is 0 Å². The predicted molar refractivity (Wildman–Crippen MR) is 90.9 cm³/mol. The van der Waals surface area contributed by atoms with Gasteiger partial charge in [-0.2, -0.15) is 0 Å². The molecule has 0 saturated carbocycles. The second-order valence-corrected chi connectivity index (χ2v) is 5.61. The summed E-state index contributed by atoms with van der Waals surface area (Å²) in [5.74, 6) is 0.419. The smallest absolute Gasteiger partial charge is 0.322 e. The molecule has 2 amide bonds. The van der Waals surface area contributed by atoms with Crippen LogP contribution in [-0.2, 0) is 6.54 Å². The van der Waals surface area contributed by atoms with Gasteiger partial charge in [-0.15, -0.1) is 0 Å². The Morgan fingerprint density at radius 3 is 2.62 bits per heavy atom. The Morgan fingerprint density at radius 2 is 1.92 bits per heavy atom. The van der Waals surface area contributed by atoms with Crippen LogP contribution in [0.4, 0.5) is 10.5 Å². The number of nitrogens with one attached hydrogen (secondary N) is 1. The lowest BCUT2D eigenvalue weighted by Crippen LogP contribution is -2.49. The molecule has 3 heterocycles. The Balaban J connectivity index is 1.52. The van der Waals surface area contributed by atoms with Crippen LogP contribution in [0.25, 0.3) is 0 Å². The average molecular weight is 327 g/mol. The molecule has 1 aliphatic heterocycles. The average Bonchev–Trinajstić information content (AvgIpc) is 2.63. The number of anilines is 1. The molecule has 0 unspecified atom stereocenters. The van der Waals surface area contributed by atoms with Crippen molar-refractivity contribution in [2.75, 3.05) is 38.6 Å². The first kappa shape index (κ1) is 16.2. The van der Waals surface area contributed by atoms with Gasteiger partial charge in [0.05, 0.1) is 7.11 Å². The number of ether oxygens (including phenoxy) is 1. The lowest BCUT2D eigenvalue weighted by Gasteiger charge is -2.34. The number of rotatable bonds is 4. The van der Waals surface area contributed by atoms with Crippen molar-refractivity contribution in [2.45, 2.75) is 6.54 Å². The summed E-state index contributed by atoms with van der Waals surface area (Å²) < 4.78 is 5.16. The van der Waals surface area contributed by atoms with Crippen LogP contribution < -0.4 is 10.1 Å². The van der Waals surface area contributed by atoms with Gasteiger partial charge in [-0.3, -0.25) is 9.88 Å². The maximum absolute atomic E-state index is 12.4. The third-order valence-electron chi connectivity index (χ3n) is 4.02. The summed E-state index contributed by atoms with van der Waals surface area (Å²) in [5.41, 5.74) is 1.83. The first-order valence-electron chi connectivity index (χ1n) is 7.92. The van der Waals surface area contributed by atoms with Crippen LogP contribution in [0.15, 0.2) is 42.9 Å². The maximum Gasteiger partial charge on any atom is 0.322 e. The molecule has 2 aromatic heterocycles. The van der Waals surface area contributed by atoms with Crippen LogP contribution in [0.5, 0.6) is 5.88 Å². The summed E-state index contributed by atoms with van der Waals surface area (Å²) >= 11 is 0. The molecule has 126 valence electrons. The van der Waals surface area contributed by atoms with Crippen LogP contribution in [0.1, 0.15) is 5.56 Å². The quantitative estimate of drug-likeness (QED) is 0.928. The normalized spacial score (nSPS) is 15.1. The van der Waals surface area contributed by atoms with E-state index in [0.717, 1.165) is 19.6 Å². The van der Waals surface area contributed by atoms with Crippen LogP contribution in [0.3, 0.4) is 0 Å². The summed E-state index contributed by atoms with van der Waals surface area (Å²) in [7, 11) is 1.54. The third-order valence-corrected chi connectivity index (χ3v) is 4.02. The molecule has 0 bridgehead atoms. The Morgan fingerprint density at radius 1 is 1.17 bits per heavy atom. The molecule has 3 rings (SSSR count). The van der Waals surface area contributed by atoms with Crippen molar-refractivity contribution in [3.05, 3.63) is 48.4 Å². The van der Waals surface area contributed by atoms with E-state index in [1.54, 1.807) is 30.7 Å². The van der Waals surface area contributed by atoms with E-state index >= 15 is 0 Å². The highest BCUT2D eigenvalue weighted by molar-refractivity contribution is 5.90. The third kappa shape index (κ3) is 3.99. The van der Waals surface area contributed by atoms with Crippen molar-refractivity contribution in [3.63, 3.8) is 0 Å². The van der Waals surface area contributed by atoms with E-state index in [2.05, 4.69) is 20.2 Å². The fraction of sp³-hybridized carbons (Fsp3) is 0.353. The zero-order chi connectivity index (χ0) is 16.8. The molecule has 0 aromatic carbocycles. The van der Waals surface area contributed by atoms with E-state index in [4.69, 9.17) is 4.74 Å². The maximum atomic E-state index is 12.4. The number of pyridine rings is 2. The predicted octanol–water partition coefficient (Wildman–Crippen LogP) is 1.83. The van der Waals surface area contributed by atoms with Crippen LogP contribution >= 0.6 is 0 Å². The van der Waals surface area contributed by atoms with Crippen molar-refractivity contribution < 1.29 is 9.53 Å². The number of carbonyl (C=O) groups excluding carboxylic acids is 1. The van der Waals surface area contributed by atoms with Gasteiger partial charge in [-0.25, -0.2) is 9.78 Å². The topological polar surface area (TPSA) is 70.6 Å². The molecular weight excluding hydrogens is 306 g/mol. The number of carbonyl (C=O) groups is 1. The SMILES string of the molecule is COc1ncccc1NC(=O)N1CCN(Cc2ccncc2)CC1. The van der Waals surface area contributed by atoms with Crippen molar-refractivity contribution in [1.82, 2.24) is 19.8 Å². The Hall–Kier alpha value is -2.67. The van der Waals surface area contributed by atoms with Gasteiger partial charge in [0.25, 0.3) is 0 Å². The van der Waals surface area contributed by atoms with Gasteiger partial charge in [0.1, 0.15) is 5.69 Å². The highest BCUT2D eigenvalue weighted by atomic mass is 16.5. The van der Waals surface area contributed by atoms with E-state index in [1.165, 1.54) is 12.7 Å². The zero-order valence-electron chi connectivity index (χ0n) is 13.7. The number of hydrogen-bond donors (Lipinski definition) is 1. The fourth-order valence-electron chi connectivity index (χ4n) is 2.70. The highest BCUT2D eigenvalue weighted by Crippen LogP contribution is 2.20. The summed E-state index contributed by atoms with van der Waals surface area (Å²) in [5, 5.41) is 2.87. The minimum Gasteiger partial charge on any atom is -0.480 e. The first-order chi connectivity index (χ1) is 11.8. The molecular formula is C17H21N5O2. The number of aromatic nitrogens is 2. The van der Waals surface area contributed by atoms with Gasteiger partial charge >= 0.3 is 6.03 Å². The molecule has 0 atom stereocenters. The highest BCUT2D eigenvalue weighted by Gasteiger charge is 2.22. The number of methoxy groups -OCH3 is 1. The summed E-state index contributed by atoms with van der Waals surface area (Å²) in [6.45, 7) is 3.97. The molecule has 1 N–H and O–H groups in total. The number of piperazine rings is 1. The summed E-state index contributed by atoms with van der Waals surface area (Å²) in [6, 6.07) is 7.47. The Labute approximate surface area is 141 Å². The van der Waals surface area contributed by atoms with Crippen molar-refractivity contribution >= 4 is 11.7 Å². The van der Waals surface area contributed by atoms with E-state index in [-0.39, 0.29) is 6.03 Å². The second kappa shape index (κ2) is 7.74. The number of hydrogen-bond acceptors (Lipinski definition) is 5. The molecule has 7 nitrogen and oxygen atoms in total. The van der Waals surface area contributed by atoms with E-state index in [1.807, 2.05) is 17.0 Å². The molecule has 24 heavy (non-hydrogen) atoms. The van der Waals surface area contributed by atoms with E-state index in [0.29, 0.717) is 24.7 Å². The van der Waals surface area contributed by atoms with Gasteiger partial charge in [-0.05, 0) is 29.8 Å².